The summed E-state index contributed by atoms with van der Waals surface area (Å²) in [7, 11) is 0. The lowest BCUT2D eigenvalue weighted by molar-refractivity contribution is -0.116. The molecule has 4 aromatic rings. The molecule has 5 heteroatoms. The number of hydrogen-bond acceptors (Lipinski definition) is 3. The number of aromatic amines is 1. The molecule has 4 rings (SSSR count). The molecular formula is C19H17N3OS. The van der Waals surface area contributed by atoms with Gasteiger partial charge in [0.1, 0.15) is 0 Å². The van der Waals surface area contributed by atoms with E-state index in [1.165, 1.54) is 10.9 Å². The number of nitrogens with zero attached hydrogens (tertiary/aromatic N) is 1. The molecule has 0 spiro atoms. The molecular weight excluding hydrogens is 318 g/mol. The van der Waals surface area contributed by atoms with Crippen molar-refractivity contribution in [2.75, 3.05) is 5.32 Å². The maximum absolute atomic E-state index is 12.2. The molecule has 0 fully saturated rings. The fraction of sp³-hybridized carbons (Fsp3) is 0.158. The summed E-state index contributed by atoms with van der Waals surface area (Å²) in [5, 5.41) is 5.19. The van der Waals surface area contributed by atoms with E-state index < -0.39 is 0 Å². The Morgan fingerprint density at radius 1 is 1.25 bits per heavy atom. The van der Waals surface area contributed by atoms with Crippen LogP contribution in [0.1, 0.15) is 17.0 Å². The number of hydrogen-bond donors (Lipinski definition) is 2. The molecule has 24 heavy (non-hydrogen) atoms. The van der Waals surface area contributed by atoms with Gasteiger partial charge in [-0.25, -0.2) is 4.98 Å². The van der Waals surface area contributed by atoms with Crippen molar-refractivity contribution >= 4 is 44.1 Å². The van der Waals surface area contributed by atoms with Gasteiger partial charge in [0.15, 0.2) is 0 Å². The first-order valence-corrected chi connectivity index (χ1v) is 8.73. The number of fused-ring (bicyclic) bond motifs is 2. The summed E-state index contributed by atoms with van der Waals surface area (Å²) in [4.78, 5) is 20.0. The monoisotopic (exact) mass is 335 g/mol. The maximum Gasteiger partial charge on any atom is 0.224 e. The predicted octanol–water partition coefficient (Wildman–Crippen LogP) is 4.66. The number of thiazole rings is 1. The average Bonchev–Trinajstić information content (AvgIpc) is 3.15. The zero-order valence-electron chi connectivity index (χ0n) is 13.3. The Kier molecular flexibility index (Phi) is 3.78. The fourth-order valence-electron chi connectivity index (χ4n) is 2.93. The minimum absolute atomic E-state index is 0.0200. The van der Waals surface area contributed by atoms with Crippen LogP contribution in [0.25, 0.3) is 21.1 Å². The molecule has 0 aliphatic carbocycles. The third-order valence-corrected chi connectivity index (χ3v) is 5.03. The van der Waals surface area contributed by atoms with Crippen LogP contribution in [0, 0.1) is 6.92 Å². The van der Waals surface area contributed by atoms with Gasteiger partial charge in [0.2, 0.25) is 5.91 Å². The van der Waals surface area contributed by atoms with E-state index in [2.05, 4.69) is 21.4 Å². The van der Waals surface area contributed by atoms with Crippen LogP contribution in [0.15, 0.2) is 48.7 Å². The number of nitrogens with one attached hydrogen (secondary N) is 2. The van der Waals surface area contributed by atoms with Gasteiger partial charge in [-0.15, -0.1) is 11.3 Å². The summed E-state index contributed by atoms with van der Waals surface area (Å²) in [5.74, 6) is 0.0200. The second kappa shape index (κ2) is 6.09. The van der Waals surface area contributed by atoms with Crippen LogP contribution < -0.4 is 5.32 Å². The minimum atomic E-state index is 0.0200. The summed E-state index contributed by atoms with van der Waals surface area (Å²) < 4.78 is 1.14. The van der Waals surface area contributed by atoms with E-state index in [0.717, 1.165) is 26.4 Å². The maximum atomic E-state index is 12.2. The van der Waals surface area contributed by atoms with E-state index in [1.54, 1.807) is 11.3 Å². The third kappa shape index (κ3) is 2.90. The second-order valence-electron chi connectivity index (χ2n) is 5.82. The van der Waals surface area contributed by atoms with Gasteiger partial charge in [0.05, 0.1) is 15.2 Å². The third-order valence-electron chi connectivity index (χ3n) is 4.07. The standard InChI is InChI=1S/C19H17N3OS/c1-12-21-17-10-14(7-8-18(17)24-12)22-19(23)9-6-13-11-20-16-5-3-2-4-15(13)16/h2-5,7-8,10-11,20H,6,9H2,1H3,(H,22,23). The number of aryl methyl sites for hydroxylation is 2. The molecule has 2 N–H and O–H groups in total. The van der Waals surface area contributed by atoms with Gasteiger partial charge in [0.25, 0.3) is 0 Å². The van der Waals surface area contributed by atoms with E-state index in [4.69, 9.17) is 0 Å². The highest BCUT2D eigenvalue weighted by molar-refractivity contribution is 7.18. The van der Waals surface area contributed by atoms with Crippen LogP contribution in [-0.2, 0) is 11.2 Å². The highest BCUT2D eigenvalue weighted by Crippen LogP contribution is 2.25. The van der Waals surface area contributed by atoms with Gasteiger partial charge < -0.3 is 10.3 Å². The molecule has 2 aromatic heterocycles. The number of benzene rings is 2. The van der Waals surface area contributed by atoms with Crippen molar-refractivity contribution in [1.82, 2.24) is 9.97 Å². The number of aromatic nitrogens is 2. The average molecular weight is 335 g/mol. The number of rotatable bonds is 4. The van der Waals surface area contributed by atoms with Crippen LogP contribution >= 0.6 is 11.3 Å². The summed E-state index contributed by atoms with van der Waals surface area (Å²) in [6.45, 7) is 1.99. The quantitative estimate of drug-likeness (QED) is 0.570. The lowest BCUT2D eigenvalue weighted by Crippen LogP contribution is -2.12. The topological polar surface area (TPSA) is 57.8 Å². The number of anilines is 1. The first kappa shape index (κ1) is 14.9. The Labute approximate surface area is 143 Å². The van der Waals surface area contributed by atoms with Crippen molar-refractivity contribution in [3.8, 4) is 0 Å². The van der Waals surface area contributed by atoms with Crippen molar-refractivity contribution in [3.63, 3.8) is 0 Å². The molecule has 1 amide bonds. The summed E-state index contributed by atoms with van der Waals surface area (Å²) >= 11 is 1.66. The van der Waals surface area contributed by atoms with Crippen LogP contribution in [-0.4, -0.2) is 15.9 Å². The minimum Gasteiger partial charge on any atom is -0.361 e. The fourth-order valence-corrected chi connectivity index (χ4v) is 3.74. The first-order chi connectivity index (χ1) is 11.7. The first-order valence-electron chi connectivity index (χ1n) is 7.91. The summed E-state index contributed by atoms with van der Waals surface area (Å²) in [6, 6.07) is 14.0. The molecule has 0 aliphatic heterocycles. The van der Waals surface area contributed by atoms with E-state index in [9.17, 15) is 4.79 Å². The van der Waals surface area contributed by atoms with Crippen molar-refractivity contribution in [1.29, 1.82) is 0 Å². The zero-order chi connectivity index (χ0) is 16.5. The molecule has 0 saturated heterocycles. The van der Waals surface area contributed by atoms with E-state index in [1.807, 2.05) is 49.5 Å². The second-order valence-corrected chi connectivity index (χ2v) is 7.06. The molecule has 0 bridgehead atoms. The van der Waals surface area contributed by atoms with E-state index in [-0.39, 0.29) is 5.91 Å². The van der Waals surface area contributed by atoms with Crippen molar-refractivity contribution < 1.29 is 4.79 Å². The smallest absolute Gasteiger partial charge is 0.224 e. The van der Waals surface area contributed by atoms with Crippen molar-refractivity contribution in [3.05, 3.63) is 59.2 Å². The van der Waals surface area contributed by atoms with Gasteiger partial charge in [0, 0.05) is 29.2 Å². The molecule has 0 radical (unpaired) electrons. The molecule has 0 aliphatic rings. The SMILES string of the molecule is Cc1nc2cc(NC(=O)CCc3c[nH]c4ccccc34)ccc2s1. The summed E-state index contributed by atoms with van der Waals surface area (Å²) in [6.07, 6.45) is 3.16. The Balaban J connectivity index is 1.44. The van der Waals surface area contributed by atoms with Gasteiger partial charge in [-0.05, 0) is 43.2 Å². The molecule has 2 heterocycles. The van der Waals surface area contributed by atoms with Crippen LogP contribution in [0.5, 0.6) is 0 Å². The Morgan fingerprint density at radius 3 is 3.04 bits per heavy atom. The van der Waals surface area contributed by atoms with Gasteiger partial charge in [-0.2, -0.15) is 0 Å². The number of para-hydroxylation sites is 1. The Morgan fingerprint density at radius 2 is 2.12 bits per heavy atom. The van der Waals surface area contributed by atoms with Gasteiger partial charge in [-0.3, -0.25) is 4.79 Å². The largest absolute Gasteiger partial charge is 0.361 e. The Hall–Kier alpha value is -2.66. The summed E-state index contributed by atoms with van der Waals surface area (Å²) in [5.41, 5.74) is 4.02. The number of carbonyl (C=O) groups excluding carboxylic acids is 1. The molecule has 2 aromatic carbocycles. The highest BCUT2D eigenvalue weighted by atomic mass is 32.1. The highest BCUT2D eigenvalue weighted by Gasteiger charge is 2.08. The normalized spacial score (nSPS) is 11.2. The number of carbonyl (C=O) groups is 1. The Bertz CT molecular complexity index is 1030. The van der Waals surface area contributed by atoms with Crippen molar-refractivity contribution in [2.24, 2.45) is 0 Å². The molecule has 0 unspecified atom stereocenters. The van der Waals surface area contributed by atoms with Crippen LogP contribution in [0.2, 0.25) is 0 Å². The lowest BCUT2D eigenvalue weighted by atomic mass is 10.1. The van der Waals surface area contributed by atoms with E-state index in [0.29, 0.717) is 12.8 Å². The number of amides is 1. The van der Waals surface area contributed by atoms with E-state index >= 15 is 0 Å². The predicted molar refractivity (Wildman–Crippen MR) is 99.6 cm³/mol. The molecule has 120 valence electrons. The molecule has 4 nitrogen and oxygen atoms in total. The van der Waals surface area contributed by atoms with Crippen LogP contribution in [0.4, 0.5) is 5.69 Å². The van der Waals surface area contributed by atoms with Gasteiger partial charge in [-0.1, -0.05) is 18.2 Å². The van der Waals surface area contributed by atoms with Gasteiger partial charge >= 0.3 is 0 Å². The lowest BCUT2D eigenvalue weighted by Gasteiger charge is -2.05. The van der Waals surface area contributed by atoms with Crippen molar-refractivity contribution in [2.45, 2.75) is 19.8 Å². The number of H-pyrrole nitrogens is 1. The zero-order valence-corrected chi connectivity index (χ0v) is 14.1. The molecule has 0 saturated carbocycles. The van der Waals surface area contributed by atoms with Crippen LogP contribution in [0.3, 0.4) is 0 Å². The molecule has 0 atom stereocenters.